The van der Waals surface area contributed by atoms with E-state index in [2.05, 4.69) is 15.6 Å². The van der Waals surface area contributed by atoms with E-state index in [1.165, 1.54) is 11.3 Å². The Morgan fingerprint density at radius 1 is 1.12 bits per heavy atom. The van der Waals surface area contributed by atoms with Crippen LogP contribution in [0.3, 0.4) is 0 Å². The predicted molar refractivity (Wildman–Crippen MR) is 123 cm³/mol. The van der Waals surface area contributed by atoms with Gasteiger partial charge in [0.25, 0.3) is 5.91 Å². The summed E-state index contributed by atoms with van der Waals surface area (Å²) in [6.07, 6.45) is 0. The van der Waals surface area contributed by atoms with Crippen LogP contribution >= 0.6 is 11.3 Å². The molecule has 0 spiro atoms. The van der Waals surface area contributed by atoms with Crippen molar-refractivity contribution in [3.8, 4) is 22.8 Å². The molecule has 2 aromatic carbocycles. The highest BCUT2D eigenvalue weighted by molar-refractivity contribution is 7.14. The number of nitrogens with one attached hydrogen (secondary N) is 2. The van der Waals surface area contributed by atoms with E-state index in [0.29, 0.717) is 27.9 Å². The molecule has 0 radical (unpaired) electrons. The third-order valence-electron chi connectivity index (χ3n) is 5.36. The number of urea groups is 1. The molecular formula is C23H22N4O5S. The number of thiazole rings is 1. The van der Waals surface area contributed by atoms with Crippen LogP contribution in [0, 0.1) is 0 Å². The SMILES string of the molecule is COc1ccc(-c2csc(NC(=O)CN3C(=O)NC(C)(c4ccccc4)C3=O)n2)cc1OC. The number of rotatable bonds is 7. The molecule has 1 atom stereocenters. The van der Waals surface area contributed by atoms with Gasteiger partial charge >= 0.3 is 6.03 Å². The van der Waals surface area contributed by atoms with Crippen LogP contribution in [0.4, 0.5) is 9.93 Å². The Labute approximate surface area is 194 Å². The number of anilines is 1. The highest BCUT2D eigenvalue weighted by Gasteiger charge is 2.49. The van der Waals surface area contributed by atoms with E-state index in [-0.39, 0.29) is 0 Å². The Kier molecular flexibility index (Phi) is 6.01. The van der Waals surface area contributed by atoms with Crippen molar-refractivity contribution in [3.63, 3.8) is 0 Å². The van der Waals surface area contributed by atoms with E-state index in [1.54, 1.807) is 62.9 Å². The van der Waals surface area contributed by atoms with Crippen LogP contribution in [0.1, 0.15) is 12.5 Å². The number of amides is 4. The van der Waals surface area contributed by atoms with E-state index >= 15 is 0 Å². The third kappa shape index (κ3) is 4.24. The zero-order valence-corrected chi connectivity index (χ0v) is 19.1. The molecule has 170 valence electrons. The van der Waals surface area contributed by atoms with Gasteiger partial charge < -0.3 is 20.1 Å². The average molecular weight is 467 g/mol. The lowest BCUT2D eigenvalue weighted by Gasteiger charge is -2.21. The van der Waals surface area contributed by atoms with Crippen molar-refractivity contribution in [2.75, 3.05) is 26.1 Å². The van der Waals surface area contributed by atoms with Gasteiger partial charge in [0.1, 0.15) is 12.1 Å². The quantitative estimate of drug-likeness (QED) is 0.518. The molecule has 1 aromatic heterocycles. The maximum Gasteiger partial charge on any atom is 0.325 e. The number of methoxy groups -OCH3 is 2. The van der Waals surface area contributed by atoms with Gasteiger partial charge in [-0.25, -0.2) is 9.78 Å². The number of hydrogen-bond acceptors (Lipinski definition) is 7. The summed E-state index contributed by atoms with van der Waals surface area (Å²) in [6.45, 7) is 1.20. The van der Waals surface area contributed by atoms with Gasteiger partial charge in [-0.05, 0) is 30.7 Å². The first-order valence-electron chi connectivity index (χ1n) is 10.0. The fourth-order valence-electron chi connectivity index (χ4n) is 3.57. The molecule has 0 saturated carbocycles. The monoisotopic (exact) mass is 466 g/mol. The van der Waals surface area contributed by atoms with E-state index in [4.69, 9.17) is 9.47 Å². The van der Waals surface area contributed by atoms with Crippen molar-refractivity contribution >= 4 is 34.3 Å². The number of carbonyl (C=O) groups excluding carboxylic acids is 3. The van der Waals surface area contributed by atoms with Gasteiger partial charge in [-0.1, -0.05) is 30.3 Å². The first kappa shape index (κ1) is 22.3. The second-order valence-electron chi connectivity index (χ2n) is 7.47. The molecule has 0 bridgehead atoms. The molecule has 2 heterocycles. The lowest BCUT2D eigenvalue weighted by molar-refractivity contribution is -0.133. The number of carbonyl (C=O) groups is 3. The molecule has 2 N–H and O–H groups in total. The average Bonchev–Trinajstić information content (AvgIpc) is 3.37. The number of nitrogens with zero attached hydrogens (tertiary/aromatic N) is 2. The smallest absolute Gasteiger partial charge is 0.325 e. The molecular weight excluding hydrogens is 444 g/mol. The van der Waals surface area contributed by atoms with Crippen LogP contribution in [0.25, 0.3) is 11.3 Å². The summed E-state index contributed by atoms with van der Waals surface area (Å²) in [5.74, 6) is 0.151. The second-order valence-corrected chi connectivity index (χ2v) is 8.33. The highest BCUT2D eigenvalue weighted by Crippen LogP contribution is 2.33. The zero-order valence-electron chi connectivity index (χ0n) is 18.2. The van der Waals surface area contributed by atoms with Crippen molar-refractivity contribution < 1.29 is 23.9 Å². The molecule has 3 aromatic rings. The van der Waals surface area contributed by atoms with Crippen molar-refractivity contribution in [2.24, 2.45) is 0 Å². The summed E-state index contributed by atoms with van der Waals surface area (Å²) in [5, 5.41) is 7.48. The van der Waals surface area contributed by atoms with Crippen LogP contribution in [-0.2, 0) is 15.1 Å². The Morgan fingerprint density at radius 2 is 1.85 bits per heavy atom. The molecule has 1 aliphatic heterocycles. The fraction of sp³-hybridized carbons (Fsp3) is 0.217. The largest absolute Gasteiger partial charge is 0.493 e. The van der Waals surface area contributed by atoms with Gasteiger partial charge in [0.15, 0.2) is 16.6 Å². The van der Waals surface area contributed by atoms with Crippen LogP contribution < -0.4 is 20.1 Å². The van der Waals surface area contributed by atoms with Gasteiger partial charge in [0.05, 0.1) is 19.9 Å². The Bertz CT molecular complexity index is 1210. The van der Waals surface area contributed by atoms with Gasteiger partial charge in [-0.15, -0.1) is 11.3 Å². The maximum absolute atomic E-state index is 13.0. The van der Waals surface area contributed by atoms with Crippen LogP contribution in [0.15, 0.2) is 53.9 Å². The van der Waals surface area contributed by atoms with Crippen molar-refractivity contribution in [2.45, 2.75) is 12.5 Å². The molecule has 1 aliphatic rings. The summed E-state index contributed by atoms with van der Waals surface area (Å²) in [6, 6.07) is 13.7. The fourth-order valence-corrected chi connectivity index (χ4v) is 4.31. The Balaban J connectivity index is 1.44. The number of benzene rings is 2. The summed E-state index contributed by atoms with van der Waals surface area (Å²) in [5.41, 5.74) is 0.853. The Morgan fingerprint density at radius 3 is 2.55 bits per heavy atom. The van der Waals surface area contributed by atoms with Crippen LogP contribution in [0.2, 0.25) is 0 Å². The molecule has 33 heavy (non-hydrogen) atoms. The zero-order chi connectivity index (χ0) is 23.6. The molecule has 1 unspecified atom stereocenters. The molecule has 4 amide bonds. The molecule has 1 saturated heterocycles. The van der Waals surface area contributed by atoms with Crippen molar-refractivity contribution in [3.05, 3.63) is 59.5 Å². The number of hydrogen-bond donors (Lipinski definition) is 2. The lowest BCUT2D eigenvalue weighted by Crippen LogP contribution is -2.42. The van der Waals surface area contributed by atoms with Gasteiger partial charge in [0.2, 0.25) is 5.91 Å². The van der Waals surface area contributed by atoms with Crippen LogP contribution in [-0.4, -0.2) is 48.5 Å². The molecule has 4 rings (SSSR count). The number of ether oxygens (including phenoxy) is 2. The van der Waals surface area contributed by atoms with E-state index in [1.807, 2.05) is 12.1 Å². The van der Waals surface area contributed by atoms with E-state index in [0.717, 1.165) is 10.5 Å². The van der Waals surface area contributed by atoms with Gasteiger partial charge in [-0.2, -0.15) is 0 Å². The van der Waals surface area contributed by atoms with Crippen LogP contribution in [0.5, 0.6) is 11.5 Å². The third-order valence-corrected chi connectivity index (χ3v) is 6.12. The number of imide groups is 1. The minimum absolute atomic E-state index is 0.350. The topological polar surface area (TPSA) is 110 Å². The maximum atomic E-state index is 13.0. The minimum atomic E-state index is -1.22. The minimum Gasteiger partial charge on any atom is -0.493 e. The molecule has 10 heteroatoms. The summed E-state index contributed by atoms with van der Waals surface area (Å²) in [7, 11) is 3.11. The number of aromatic nitrogens is 1. The first-order valence-corrected chi connectivity index (χ1v) is 10.9. The van der Waals surface area contributed by atoms with Gasteiger partial charge in [-0.3, -0.25) is 14.5 Å². The predicted octanol–water partition coefficient (Wildman–Crippen LogP) is 3.23. The standard InChI is InChI=1S/C23H22N4O5S/c1-23(15-7-5-4-6-8-15)20(29)27(22(30)26-23)12-19(28)25-21-24-16(13-33-21)14-9-10-17(31-2)18(11-14)32-3/h4-11,13H,12H2,1-3H3,(H,26,30)(H,24,25,28). The first-order chi connectivity index (χ1) is 15.9. The highest BCUT2D eigenvalue weighted by atomic mass is 32.1. The summed E-state index contributed by atoms with van der Waals surface area (Å²) < 4.78 is 10.6. The van der Waals surface area contributed by atoms with Crippen molar-refractivity contribution in [1.29, 1.82) is 0 Å². The van der Waals surface area contributed by atoms with Gasteiger partial charge in [0, 0.05) is 10.9 Å². The molecule has 1 fully saturated rings. The Hall–Kier alpha value is -3.92. The summed E-state index contributed by atoms with van der Waals surface area (Å²) in [4.78, 5) is 43.3. The van der Waals surface area contributed by atoms with Crippen molar-refractivity contribution in [1.82, 2.24) is 15.2 Å². The summed E-state index contributed by atoms with van der Waals surface area (Å²) >= 11 is 1.23. The second kappa shape index (κ2) is 8.91. The molecule has 0 aliphatic carbocycles. The van der Waals surface area contributed by atoms with E-state index in [9.17, 15) is 14.4 Å². The normalized spacial score (nSPS) is 17.6. The van der Waals surface area contributed by atoms with E-state index < -0.39 is 29.9 Å². The lowest BCUT2D eigenvalue weighted by atomic mass is 9.92. The molecule has 9 nitrogen and oxygen atoms in total.